The van der Waals surface area contributed by atoms with Gasteiger partial charge in [-0.25, -0.2) is 26.3 Å². The lowest BCUT2D eigenvalue weighted by Crippen LogP contribution is -2.34. The summed E-state index contributed by atoms with van der Waals surface area (Å²) in [7, 11) is -6.94. The van der Waals surface area contributed by atoms with Crippen LogP contribution in [0.2, 0.25) is 0 Å². The van der Waals surface area contributed by atoms with Gasteiger partial charge in [0.05, 0.1) is 11.2 Å². The van der Waals surface area contributed by atoms with Crippen LogP contribution < -0.4 is 9.44 Å². The van der Waals surface area contributed by atoms with E-state index in [1.54, 1.807) is 12.1 Å². The molecule has 0 aliphatic heterocycles. The maximum atomic E-state index is 11.9. The Labute approximate surface area is 124 Å². The highest BCUT2D eigenvalue weighted by molar-refractivity contribution is 7.89. The van der Waals surface area contributed by atoms with Gasteiger partial charge >= 0.3 is 0 Å². The predicted octanol–water partition coefficient (Wildman–Crippen LogP) is 0.295. The Bertz CT molecular complexity index is 627. The van der Waals surface area contributed by atoms with Crippen LogP contribution in [0.5, 0.6) is 0 Å². The van der Waals surface area contributed by atoms with E-state index >= 15 is 0 Å². The molecular weight excluding hydrogens is 324 g/mol. The Morgan fingerprint density at radius 1 is 1.00 bits per heavy atom. The Balaban J connectivity index is 2.60. The summed E-state index contributed by atoms with van der Waals surface area (Å²) in [6.07, 6.45) is 1.69. The highest BCUT2D eigenvalue weighted by atomic mass is 35.5. The summed E-state index contributed by atoms with van der Waals surface area (Å²) in [5.74, 6) is 0.474. The molecule has 0 saturated heterocycles. The average Bonchev–Trinajstić information content (AvgIpc) is 2.35. The summed E-state index contributed by atoms with van der Waals surface area (Å²) < 4.78 is 50.0. The fourth-order valence-electron chi connectivity index (χ4n) is 1.45. The molecule has 0 atom stereocenters. The number of alkyl halides is 1. The smallest absolute Gasteiger partial charge is 0.214 e. The zero-order chi connectivity index (χ0) is 15.2. The van der Waals surface area contributed by atoms with Gasteiger partial charge in [-0.05, 0) is 24.1 Å². The maximum Gasteiger partial charge on any atom is 0.240 e. The molecule has 6 nitrogen and oxygen atoms in total. The largest absolute Gasteiger partial charge is 0.240 e. The first-order valence-corrected chi connectivity index (χ1v) is 9.75. The quantitative estimate of drug-likeness (QED) is 0.525. The number of hydrogen-bond acceptors (Lipinski definition) is 4. The molecule has 1 aromatic rings. The minimum atomic E-state index is -3.63. The van der Waals surface area contributed by atoms with Crippen molar-refractivity contribution in [1.29, 1.82) is 0 Å². The molecule has 2 N–H and O–H groups in total. The van der Waals surface area contributed by atoms with E-state index in [-0.39, 0.29) is 18.0 Å². The van der Waals surface area contributed by atoms with Gasteiger partial charge < -0.3 is 0 Å². The standard InChI is InChI=1S/C11H17ClN2O4S2/c1-19(15,16)13-8-9-14-20(17,18)11-4-2-10(3-5-11)6-7-12/h2-5,13-14H,6-9H2,1H3. The summed E-state index contributed by atoms with van der Waals surface area (Å²) in [5.41, 5.74) is 0.956. The van der Waals surface area contributed by atoms with Crippen molar-refractivity contribution in [1.82, 2.24) is 9.44 Å². The molecular formula is C11H17ClN2O4S2. The predicted molar refractivity (Wildman–Crippen MR) is 78.9 cm³/mol. The van der Waals surface area contributed by atoms with E-state index < -0.39 is 20.0 Å². The van der Waals surface area contributed by atoms with Crippen LogP contribution in [-0.4, -0.2) is 42.1 Å². The van der Waals surface area contributed by atoms with Crippen LogP contribution in [0.15, 0.2) is 29.2 Å². The average molecular weight is 341 g/mol. The minimum absolute atomic E-state index is 0.00238. The second kappa shape index (κ2) is 7.37. The first-order valence-electron chi connectivity index (χ1n) is 5.84. The summed E-state index contributed by atoms with van der Waals surface area (Å²) in [4.78, 5) is 0.134. The molecule has 0 aromatic heterocycles. The lowest BCUT2D eigenvalue weighted by Gasteiger charge is -2.07. The van der Waals surface area contributed by atoms with E-state index in [2.05, 4.69) is 9.44 Å². The number of hydrogen-bond donors (Lipinski definition) is 2. The van der Waals surface area contributed by atoms with E-state index in [4.69, 9.17) is 11.6 Å². The summed E-state index contributed by atoms with van der Waals surface area (Å²) in [6.45, 7) is -0.0127. The van der Waals surface area contributed by atoms with Crippen molar-refractivity contribution in [3.8, 4) is 0 Å². The molecule has 0 unspecified atom stereocenters. The SMILES string of the molecule is CS(=O)(=O)NCCNS(=O)(=O)c1ccc(CCCl)cc1. The van der Waals surface area contributed by atoms with Gasteiger partial charge in [-0.3, -0.25) is 0 Å². The van der Waals surface area contributed by atoms with E-state index in [0.717, 1.165) is 11.8 Å². The maximum absolute atomic E-state index is 11.9. The summed E-state index contributed by atoms with van der Waals surface area (Å²) >= 11 is 5.60. The first-order chi connectivity index (χ1) is 9.24. The van der Waals surface area contributed by atoms with Crippen LogP contribution in [0.4, 0.5) is 0 Å². The zero-order valence-corrected chi connectivity index (χ0v) is 13.4. The van der Waals surface area contributed by atoms with Crippen molar-refractivity contribution >= 4 is 31.6 Å². The fraction of sp³-hybridized carbons (Fsp3) is 0.455. The van der Waals surface area contributed by atoms with Crippen molar-refractivity contribution in [2.45, 2.75) is 11.3 Å². The minimum Gasteiger partial charge on any atom is -0.214 e. The van der Waals surface area contributed by atoms with Crippen LogP contribution in [0.3, 0.4) is 0 Å². The van der Waals surface area contributed by atoms with E-state index in [0.29, 0.717) is 12.3 Å². The van der Waals surface area contributed by atoms with E-state index in [9.17, 15) is 16.8 Å². The lowest BCUT2D eigenvalue weighted by molar-refractivity contribution is 0.573. The first kappa shape index (κ1) is 17.4. The van der Waals surface area contributed by atoms with Gasteiger partial charge in [0.25, 0.3) is 0 Å². The molecule has 9 heteroatoms. The van der Waals surface area contributed by atoms with Gasteiger partial charge in [0.1, 0.15) is 0 Å². The number of nitrogens with one attached hydrogen (secondary N) is 2. The Morgan fingerprint density at radius 2 is 1.55 bits per heavy atom. The second-order valence-electron chi connectivity index (χ2n) is 4.15. The van der Waals surface area contributed by atoms with Gasteiger partial charge in [0, 0.05) is 19.0 Å². The molecule has 1 rings (SSSR count). The third-order valence-electron chi connectivity index (χ3n) is 2.40. The van der Waals surface area contributed by atoms with Crippen molar-refractivity contribution in [3.05, 3.63) is 29.8 Å². The molecule has 0 aliphatic rings. The Kier molecular flexibility index (Phi) is 6.41. The molecule has 114 valence electrons. The Morgan fingerprint density at radius 3 is 2.05 bits per heavy atom. The molecule has 0 heterocycles. The second-order valence-corrected chi connectivity index (χ2v) is 8.13. The Hall–Kier alpha value is -0.670. The van der Waals surface area contributed by atoms with Crippen molar-refractivity contribution < 1.29 is 16.8 Å². The van der Waals surface area contributed by atoms with E-state index in [1.807, 2.05) is 0 Å². The third-order valence-corrected chi connectivity index (χ3v) is 4.79. The van der Waals surface area contributed by atoms with Gasteiger partial charge in [-0.2, -0.15) is 0 Å². The topological polar surface area (TPSA) is 92.3 Å². The molecule has 20 heavy (non-hydrogen) atoms. The van der Waals surface area contributed by atoms with Crippen LogP contribution in [0, 0.1) is 0 Å². The molecule has 1 aromatic carbocycles. The van der Waals surface area contributed by atoms with Crippen molar-refractivity contribution in [2.75, 3.05) is 25.2 Å². The number of sulfonamides is 2. The molecule has 0 saturated carbocycles. The monoisotopic (exact) mass is 340 g/mol. The number of aryl methyl sites for hydroxylation is 1. The summed E-state index contributed by atoms with van der Waals surface area (Å²) in [6, 6.07) is 6.39. The van der Waals surface area contributed by atoms with Gasteiger partial charge in [0.15, 0.2) is 0 Å². The number of halogens is 1. The third kappa shape index (κ3) is 6.19. The van der Waals surface area contributed by atoms with Crippen molar-refractivity contribution in [3.63, 3.8) is 0 Å². The number of rotatable bonds is 8. The summed E-state index contributed by atoms with van der Waals surface area (Å²) in [5, 5.41) is 0. The van der Waals surface area contributed by atoms with Crippen LogP contribution >= 0.6 is 11.6 Å². The lowest BCUT2D eigenvalue weighted by atomic mass is 10.2. The normalized spacial score (nSPS) is 12.5. The van der Waals surface area contributed by atoms with Gasteiger partial charge in [0.2, 0.25) is 20.0 Å². The van der Waals surface area contributed by atoms with Crippen LogP contribution in [0.1, 0.15) is 5.56 Å². The molecule has 0 radical (unpaired) electrons. The van der Waals surface area contributed by atoms with Gasteiger partial charge in [-0.1, -0.05) is 12.1 Å². The molecule has 0 aliphatic carbocycles. The van der Waals surface area contributed by atoms with Crippen molar-refractivity contribution in [2.24, 2.45) is 0 Å². The molecule has 0 bridgehead atoms. The molecule has 0 fully saturated rings. The van der Waals surface area contributed by atoms with Gasteiger partial charge in [-0.15, -0.1) is 11.6 Å². The zero-order valence-electron chi connectivity index (χ0n) is 11.0. The molecule has 0 spiro atoms. The van der Waals surface area contributed by atoms with Crippen LogP contribution in [-0.2, 0) is 26.5 Å². The number of benzene rings is 1. The molecule has 0 amide bonds. The highest BCUT2D eigenvalue weighted by Crippen LogP contribution is 2.11. The highest BCUT2D eigenvalue weighted by Gasteiger charge is 2.13. The fourth-order valence-corrected chi connectivity index (χ4v) is 3.17. The van der Waals surface area contributed by atoms with E-state index in [1.165, 1.54) is 12.1 Å². The van der Waals surface area contributed by atoms with Crippen LogP contribution in [0.25, 0.3) is 0 Å².